The SMILES string of the molecule is Clc1cc(Cl)cc(Nc2nc3c(nc4cnccn43)c3ccncc23)c1. The van der Waals surface area contributed by atoms with Crippen LogP contribution in [0.15, 0.2) is 55.2 Å². The van der Waals surface area contributed by atoms with Crippen LogP contribution in [-0.2, 0) is 0 Å². The highest BCUT2D eigenvalue weighted by atomic mass is 35.5. The largest absolute Gasteiger partial charge is 0.340 e. The summed E-state index contributed by atoms with van der Waals surface area (Å²) in [5, 5.41) is 6.19. The third-order valence-corrected chi connectivity index (χ3v) is 4.52. The molecule has 4 aromatic heterocycles. The Morgan fingerprint density at radius 3 is 2.54 bits per heavy atom. The van der Waals surface area contributed by atoms with Gasteiger partial charge in [0.1, 0.15) is 11.3 Å². The zero-order valence-corrected chi connectivity index (χ0v) is 14.7. The maximum Gasteiger partial charge on any atom is 0.167 e. The number of halogens is 2. The number of imidazole rings is 1. The number of nitrogens with zero attached hydrogens (tertiary/aromatic N) is 5. The summed E-state index contributed by atoms with van der Waals surface area (Å²) < 4.78 is 1.90. The summed E-state index contributed by atoms with van der Waals surface area (Å²) in [5.41, 5.74) is 3.01. The lowest BCUT2D eigenvalue weighted by Crippen LogP contribution is -1.97. The number of hydrogen-bond donors (Lipinski definition) is 1. The van der Waals surface area contributed by atoms with Crippen molar-refractivity contribution in [3.63, 3.8) is 0 Å². The van der Waals surface area contributed by atoms with E-state index in [1.165, 1.54) is 0 Å². The van der Waals surface area contributed by atoms with Crippen LogP contribution in [0.5, 0.6) is 0 Å². The summed E-state index contributed by atoms with van der Waals surface area (Å²) in [6.45, 7) is 0. The normalized spacial score (nSPS) is 11.5. The van der Waals surface area contributed by atoms with Crippen LogP contribution in [0.1, 0.15) is 0 Å². The summed E-state index contributed by atoms with van der Waals surface area (Å²) in [5.74, 6) is 0.651. The monoisotopic (exact) mass is 380 g/mol. The minimum atomic E-state index is 0.546. The molecule has 0 unspecified atom stereocenters. The van der Waals surface area contributed by atoms with Gasteiger partial charge in [-0.2, -0.15) is 0 Å². The Bertz CT molecular complexity index is 1280. The first-order chi connectivity index (χ1) is 12.7. The average molecular weight is 381 g/mol. The van der Waals surface area contributed by atoms with Crippen LogP contribution in [0.4, 0.5) is 11.5 Å². The number of rotatable bonds is 2. The standard InChI is InChI=1S/C18H10Cl2N6/c19-10-5-11(20)7-12(6-10)23-17-14-8-21-2-1-13(14)16-18(25-17)26-4-3-22-9-15(26)24-16/h1-9H,(H,23,25). The predicted molar refractivity (Wildman–Crippen MR) is 103 cm³/mol. The second-order valence-corrected chi connectivity index (χ2v) is 6.63. The van der Waals surface area contributed by atoms with Gasteiger partial charge in [0.05, 0.1) is 6.20 Å². The number of hydrogen-bond acceptors (Lipinski definition) is 5. The Labute approximate surface area is 157 Å². The van der Waals surface area contributed by atoms with Crippen molar-refractivity contribution in [2.24, 2.45) is 0 Å². The van der Waals surface area contributed by atoms with E-state index in [1.807, 2.05) is 16.7 Å². The predicted octanol–water partition coefficient (Wildman–Crippen LogP) is 4.88. The molecule has 126 valence electrons. The second-order valence-electron chi connectivity index (χ2n) is 5.75. The number of pyridine rings is 2. The fourth-order valence-electron chi connectivity index (χ4n) is 3.00. The summed E-state index contributed by atoms with van der Waals surface area (Å²) in [7, 11) is 0. The van der Waals surface area contributed by atoms with Crippen LogP contribution < -0.4 is 5.32 Å². The molecular weight excluding hydrogens is 371 g/mol. The first-order valence-electron chi connectivity index (χ1n) is 7.78. The van der Waals surface area contributed by atoms with E-state index < -0.39 is 0 Å². The van der Waals surface area contributed by atoms with Gasteiger partial charge in [0.25, 0.3) is 0 Å². The van der Waals surface area contributed by atoms with Gasteiger partial charge >= 0.3 is 0 Å². The van der Waals surface area contributed by atoms with E-state index in [2.05, 4.69) is 20.3 Å². The van der Waals surface area contributed by atoms with Crippen LogP contribution in [0.25, 0.3) is 27.6 Å². The molecule has 0 aliphatic heterocycles. The molecule has 0 spiro atoms. The third kappa shape index (κ3) is 2.42. The highest BCUT2D eigenvalue weighted by Gasteiger charge is 2.14. The van der Waals surface area contributed by atoms with Gasteiger partial charge in [0.2, 0.25) is 0 Å². The van der Waals surface area contributed by atoms with E-state index in [-0.39, 0.29) is 0 Å². The highest BCUT2D eigenvalue weighted by Crippen LogP contribution is 2.32. The Morgan fingerprint density at radius 1 is 0.885 bits per heavy atom. The number of anilines is 2. The van der Waals surface area contributed by atoms with Crippen molar-refractivity contribution in [2.45, 2.75) is 0 Å². The summed E-state index contributed by atoms with van der Waals surface area (Å²) in [4.78, 5) is 17.8. The van der Waals surface area contributed by atoms with E-state index in [1.54, 1.807) is 43.0 Å². The van der Waals surface area contributed by atoms with Crippen molar-refractivity contribution in [3.8, 4) is 0 Å². The van der Waals surface area contributed by atoms with Crippen LogP contribution in [0.2, 0.25) is 10.0 Å². The quantitative estimate of drug-likeness (QED) is 0.472. The number of fused-ring (bicyclic) bond motifs is 5. The molecule has 0 aliphatic rings. The molecular formula is C18H10Cl2N6. The fraction of sp³-hybridized carbons (Fsp3) is 0. The fourth-order valence-corrected chi connectivity index (χ4v) is 3.52. The van der Waals surface area contributed by atoms with Gasteiger partial charge in [-0.05, 0) is 24.3 Å². The Hall–Kier alpha value is -2.96. The summed E-state index contributed by atoms with van der Waals surface area (Å²) in [6.07, 6.45) is 8.75. The molecule has 0 bridgehead atoms. The molecule has 1 N–H and O–H groups in total. The number of nitrogens with one attached hydrogen (secondary N) is 1. The molecule has 0 radical (unpaired) electrons. The van der Waals surface area contributed by atoms with Crippen molar-refractivity contribution in [2.75, 3.05) is 5.32 Å². The van der Waals surface area contributed by atoms with Gasteiger partial charge in [0.15, 0.2) is 11.3 Å². The average Bonchev–Trinajstić information content (AvgIpc) is 3.00. The Morgan fingerprint density at radius 2 is 1.69 bits per heavy atom. The third-order valence-electron chi connectivity index (χ3n) is 4.08. The van der Waals surface area contributed by atoms with Crippen molar-refractivity contribution in [3.05, 3.63) is 65.3 Å². The number of benzene rings is 1. The van der Waals surface area contributed by atoms with Crippen molar-refractivity contribution in [1.82, 2.24) is 24.3 Å². The van der Waals surface area contributed by atoms with Gasteiger partial charge < -0.3 is 5.32 Å². The zero-order valence-electron chi connectivity index (χ0n) is 13.2. The lowest BCUT2D eigenvalue weighted by Gasteiger charge is -2.10. The number of aromatic nitrogens is 5. The molecule has 1 aromatic carbocycles. The van der Waals surface area contributed by atoms with E-state index in [9.17, 15) is 0 Å². The van der Waals surface area contributed by atoms with Crippen LogP contribution in [0.3, 0.4) is 0 Å². The molecule has 0 aliphatic carbocycles. The molecule has 26 heavy (non-hydrogen) atoms. The Balaban J connectivity index is 1.81. The van der Waals surface area contributed by atoms with Crippen molar-refractivity contribution >= 4 is 62.3 Å². The molecule has 0 saturated carbocycles. The summed E-state index contributed by atoms with van der Waals surface area (Å²) >= 11 is 12.2. The maximum atomic E-state index is 6.11. The van der Waals surface area contributed by atoms with E-state index in [0.717, 1.165) is 33.3 Å². The van der Waals surface area contributed by atoms with Crippen LogP contribution in [0, 0.1) is 0 Å². The molecule has 0 atom stereocenters. The molecule has 0 fully saturated rings. The zero-order chi connectivity index (χ0) is 17.7. The molecule has 8 heteroatoms. The van der Waals surface area contributed by atoms with Gasteiger partial charge in [-0.15, -0.1) is 0 Å². The van der Waals surface area contributed by atoms with E-state index >= 15 is 0 Å². The topological polar surface area (TPSA) is 68.0 Å². The molecule has 6 nitrogen and oxygen atoms in total. The molecule has 5 aromatic rings. The van der Waals surface area contributed by atoms with E-state index in [4.69, 9.17) is 28.2 Å². The minimum absolute atomic E-state index is 0.546. The molecule has 5 rings (SSSR count). The van der Waals surface area contributed by atoms with Gasteiger partial charge in [0, 0.05) is 51.3 Å². The van der Waals surface area contributed by atoms with Crippen molar-refractivity contribution < 1.29 is 0 Å². The highest BCUT2D eigenvalue weighted by molar-refractivity contribution is 6.35. The lowest BCUT2D eigenvalue weighted by atomic mass is 10.2. The molecule has 0 amide bonds. The minimum Gasteiger partial charge on any atom is -0.340 e. The lowest BCUT2D eigenvalue weighted by molar-refractivity contribution is 1.13. The maximum absolute atomic E-state index is 6.11. The Kier molecular flexibility index (Phi) is 3.41. The van der Waals surface area contributed by atoms with Crippen molar-refractivity contribution in [1.29, 1.82) is 0 Å². The smallest absolute Gasteiger partial charge is 0.167 e. The van der Waals surface area contributed by atoms with Gasteiger partial charge in [-0.1, -0.05) is 23.2 Å². The van der Waals surface area contributed by atoms with E-state index in [0.29, 0.717) is 15.9 Å². The first kappa shape index (κ1) is 15.3. The van der Waals surface area contributed by atoms with Crippen LogP contribution in [-0.4, -0.2) is 24.3 Å². The molecule has 4 heterocycles. The van der Waals surface area contributed by atoms with Crippen LogP contribution >= 0.6 is 23.2 Å². The summed E-state index contributed by atoms with van der Waals surface area (Å²) in [6, 6.07) is 7.19. The van der Waals surface area contributed by atoms with Gasteiger partial charge in [-0.25, -0.2) is 9.97 Å². The molecule has 0 saturated heterocycles. The first-order valence-corrected chi connectivity index (χ1v) is 8.53. The van der Waals surface area contributed by atoms with Gasteiger partial charge in [-0.3, -0.25) is 14.4 Å². The second kappa shape index (κ2) is 5.79.